The molecule has 0 saturated heterocycles. The second-order valence-electron chi connectivity index (χ2n) is 6.80. The molecule has 0 aromatic heterocycles. The van der Waals surface area contributed by atoms with Crippen LogP contribution >= 0.6 is 0 Å². The second-order valence-corrected chi connectivity index (χ2v) is 6.80. The molecule has 2 N–H and O–H groups in total. The third kappa shape index (κ3) is 6.19. The zero-order valence-corrected chi connectivity index (χ0v) is 13.9. The Balaban J connectivity index is 1.56. The molecule has 1 aromatic carbocycles. The van der Waals surface area contributed by atoms with Crippen LogP contribution in [0.4, 0.5) is 0 Å². The van der Waals surface area contributed by atoms with Crippen LogP contribution in [0, 0.1) is 5.92 Å². The lowest BCUT2D eigenvalue weighted by molar-refractivity contribution is 0.512. The normalized spacial score (nSPS) is 14.4. The van der Waals surface area contributed by atoms with E-state index in [0.29, 0.717) is 0 Å². The first kappa shape index (κ1) is 16.5. The lowest BCUT2D eigenvalue weighted by atomic mass is 9.98. The van der Waals surface area contributed by atoms with Crippen molar-refractivity contribution in [3.05, 3.63) is 34.9 Å². The Labute approximate surface area is 130 Å². The molecule has 0 saturated carbocycles. The summed E-state index contributed by atoms with van der Waals surface area (Å²) >= 11 is 0. The van der Waals surface area contributed by atoms with Gasteiger partial charge in [-0.05, 0) is 48.5 Å². The van der Waals surface area contributed by atoms with Gasteiger partial charge in [-0.3, -0.25) is 0 Å². The summed E-state index contributed by atoms with van der Waals surface area (Å²) in [5.74, 6) is 0.863. The first-order valence-corrected chi connectivity index (χ1v) is 8.78. The molecule has 2 heteroatoms. The quantitative estimate of drug-likeness (QED) is 0.670. The molecule has 0 unspecified atom stereocenters. The second kappa shape index (κ2) is 9.22. The molecule has 0 amide bonds. The minimum atomic E-state index is 0.863. The average molecular weight is 288 g/mol. The molecule has 0 radical (unpaired) electrons. The lowest BCUT2D eigenvalue weighted by Gasteiger charge is -2.18. The minimum absolute atomic E-state index is 0.863. The molecule has 21 heavy (non-hydrogen) atoms. The van der Waals surface area contributed by atoms with Crippen molar-refractivity contribution in [3.8, 4) is 0 Å². The summed E-state index contributed by atoms with van der Waals surface area (Å²) < 4.78 is 0. The first-order chi connectivity index (χ1) is 10.3. The Morgan fingerprint density at radius 2 is 1.95 bits per heavy atom. The van der Waals surface area contributed by atoms with E-state index in [1.54, 1.807) is 0 Å². The first-order valence-electron chi connectivity index (χ1n) is 8.78. The van der Waals surface area contributed by atoms with Gasteiger partial charge in [-0.2, -0.15) is 0 Å². The fourth-order valence-electron chi connectivity index (χ4n) is 3.03. The average Bonchev–Trinajstić information content (AvgIpc) is 2.49. The summed E-state index contributed by atoms with van der Waals surface area (Å²) in [6.45, 7) is 8.96. The van der Waals surface area contributed by atoms with Gasteiger partial charge in [0.1, 0.15) is 0 Å². The Kier molecular flexibility index (Phi) is 7.25. The molecule has 0 fully saturated rings. The zero-order valence-electron chi connectivity index (χ0n) is 13.9. The number of unbranched alkanes of at least 4 members (excludes halogenated alkanes) is 3. The largest absolute Gasteiger partial charge is 0.313 e. The zero-order chi connectivity index (χ0) is 14.9. The SMILES string of the molecule is CC(C)CCCCCCNCc1ccc2c(c1)CNCC2. The van der Waals surface area contributed by atoms with Crippen LogP contribution in [0.5, 0.6) is 0 Å². The van der Waals surface area contributed by atoms with E-state index in [1.165, 1.54) is 55.2 Å². The molecule has 0 aliphatic carbocycles. The van der Waals surface area contributed by atoms with Gasteiger partial charge in [0.25, 0.3) is 0 Å². The molecule has 1 aliphatic rings. The van der Waals surface area contributed by atoms with E-state index in [9.17, 15) is 0 Å². The van der Waals surface area contributed by atoms with Crippen LogP contribution in [0.2, 0.25) is 0 Å². The number of nitrogens with one attached hydrogen (secondary N) is 2. The van der Waals surface area contributed by atoms with E-state index >= 15 is 0 Å². The summed E-state index contributed by atoms with van der Waals surface area (Å²) in [6.07, 6.45) is 8.04. The van der Waals surface area contributed by atoms with Crippen molar-refractivity contribution in [3.63, 3.8) is 0 Å². The van der Waals surface area contributed by atoms with E-state index in [4.69, 9.17) is 0 Å². The predicted octanol–water partition coefficient (Wildman–Crippen LogP) is 4.03. The molecule has 118 valence electrons. The Bertz CT molecular complexity index is 412. The molecular weight excluding hydrogens is 256 g/mol. The lowest BCUT2D eigenvalue weighted by Crippen LogP contribution is -2.24. The Morgan fingerprint density at radius 1 is 1.10 bits per heavy atom. The monoisotopic (exact) mass is 288 g/mol. The van der Waals surface area contributed by atoms with Crippen molar-refractivity contribution < 1.29 is 0 Å². The van der Waals surface area contributed by atoms with Crippen LogP contribution in [-0.2, 0) is 19.5 Å². The van der Waals surface area contributed by atoms with Gasteiger partial charge in [0.2, 0.25) is 0 Å². The van der Waals surface area contributed by atoms with Crippen LogP contribution in [-0.4, -0.2) is 13.1 Å². The van der Waals surface area contributed by atoms with Crippen molar-refractivity contribution in [2.75, 3.05) is 13.1 Å². The Hall–Kier alpha value is -0.860. The van der Waals surface area contributed by atoms with Gasteiger partial charge in [-0.1, -0.05) is 57.7 Å². The molecule has 1 aromatic rings. The summed E-state index contributed by atoms with van der Waals surface area (Å²) in [6, 6.07) is 6.98. The molecule has 2 nitrogen and oxygen atoms in total. The third-order valence-corrected chi connectivity index (χ3v) is 4.37. The van der Waals surface area contributed by atoms with Crippen molar-refractivity contribution in [1.29, 1.82) is 0 Å². The van der Waals surface area contributed by atoms with E-state index < -0.39 is 0 Å². The van der Waals surface area contributed by atoms with Crippen LogP contribution in [0.1, 0.15) is 62.6 Å². The van der Waals surface area contributed by atoms with Gasteiger partial charge >= 0.3 is 0 Å². The fraction of sp³-hybridized carbons (Fsp3) is 0.684. The van der Waals surface area contributed by atoms with Gasteiger partial charge in [-0.25, -0.2) is 0 Å². The number of benzene rings is 1. The molecule has 1 heterocycles. The standard InChI is InChI=1S/C19H32N2/c1-16(2)7-5-3-4-6-11-20-14-17-8-9-18-10-12-21-15-19(18)13-17/h8-9,13,16,20-21H,3-7,10-12,14-15H2,1-2H3. The maximum Gasteiger partial charge on any atom is 0.0208 e. The van der Waals surface area contributed by atoms with Crippen molar-refractivity contribution in [1.82, 2.24) is 10.6 Å². The van der Waals surface area contributed by atoms with Crippen molar-refractivity contribution in [2.45, 2.75) is 65.5 Å². The molecule has 0 bridgehead atoms. The van der Waals surface area contributed by atoms with Crippen LogP contribution < -0.4 is 10.6 Å². The van der Waals surface area contributed by atoms with Crippen LogP contribution in [0.15, 0.2) is 18.2 Å². The number of hydrogen-bond donors (Lipinski definition) is 2. The fourth-order valence-corrected chi connectivity index (χ4v) is 3.03. The van der Waals surface area contributed by atoms with Gasteiger partial charge in [0.15, 0.2) is 0 Å². The molecular formula is C19H32N2. The highest BCUT2D eigenvalue weighted by Crippen LogP contribution is 2.15. The Morgan fingerprint density at radius 3 is 2.81 bits per heavy atom. The topological polar surface area (TPSA) is 24.1 Å². The van der Waals surface area contributed by atoms with Gasteiger partial charge in [0, 0.05) is 13.1 Å². The van der Waals surface area contributed by atoms with E-state index in [-0.39, 0.29) is 0 Å². The number of rotatable bonds is 9. The van der Waals surface area contributed by atoms with E-state index in [1.807, 2.05) is 0 Å². The summed E-state index contributed by atoms with van der Waals surface area (Å²) in [4.78, 5) is 0. The van der Waals surface area contributed by atoms with Crippen LogP contribution in [0.25, 0.3) is 0 Å². The van der Waals surface area contributed by atoms with Gasteiger partial charge < -0.3 is 10.6 Å². The number of fused-ring (bicyclic) bond motifs is 1. The maximum absolute atomic E-state index is 3.59. The van der Waals surface area contributed by atoms with E-state index in [2.05, 4.69) is 42.7 Å². The summed E-state index contributed by atoms with van der Waals surface area (Å²) in [5, 5.41) is 7.04. The molecule has 2 rings (SSSR count). The summed E-state index contributed by atoms with van der Waals surface area (Å²) in [5.41, 5.74) is 4.45. The van der Waals surface area contributed by atoms with Crippen LogP contribution in [0.3, 0.4) is 0 Å². The van der Waals surface area contributed by atoms with E-state index in [0.717, 1.165) is 32.1 Å². The predicted molar refractivity (Wildman–Crippen MR) is 91.5 cm³/mol. The highest BCUT2D eigenvalue weighted by Gasteiger charge is 2.08. The highest BCUT2D eigenvalue weighted by molar-refractivity contribution is 5.33. The molecule has 0 spiro atoms. The highest BCUT2D eigenvalue weighted by atomic mass is 14.9. The summed E-state index contributed by atoms with van der Waals surface area (Å²) in [7, 11) is 0. The maximum atomic E-state index is 3.59. The number of hydrogen-bond acceptors (Lipinski definition) is 2. The van der Waals surface area contributed by atoms with Gasteiger partial charge in [-0.15, -0.1) is 0 Å². The molecule has 0 atom stereocenters. The van der Waals surface area contributed by atoms with Gasteiger partial charge in [0.05, 0.1) is 0 Å². The molecule has 1 aliphatic heterocycles. The van der Waals surface area contributed by atoms with Crippen molar-refractivity contribution >= 4 is 0 Å². The smallest absolute Gasteiger partial charge is 0.0208 e. The van der Waals surface area contributed by atoms with Crippen molar-refractivity contribution in [2.24, 2.45) is 5.92 Å². The third-order valence-electron chi connectivity index (χ3n) is 4.37. The minimum Gasteiger partial charge on any atom is -0.313 e.